The molecule has 16 heavy (non-hydrogen) atoms. The zero-order valence-corrected chi connectivity index (χ0v) is 10.6. The van der Waals surface area contributed by atoms with Gasteiger partial charge in [0.15, 0.2) is 0 Å². The summed E-state index contributed by atoms with van der Waals surface area (Å²) in [5.41, 5.74) is 3.37. The molecule has 0 aromatic carbocycles. The van der Waals surface area contributed by atoms with Crippen LogP contribution >= 0.6 is 0 Å². The lowest BCUT2D eigenvalue weighted by atomic mass is 9.97. The van der Waals surface area contributed by atoms with Gasteiger partial charge in [-0.15, -0.1) is 0 Å². The van der Waals surface area contributed by atoms with Crippen LogP contribution in [0.2, 0.25) is 0 Å². The first-order chi connectivity index (χ1) is 7.86. The van der Waals surface area contributed by atoms with E-state index in [0.717, 1.165) is 19.8 Å². The molecule has 0 aromatic rings. The number of ether oxygens (including phenoxy) is 1. The number of hydrogen-bond donors (Lipinski definition) is 1. The van der Waals surface area contributed by atoms with Gasteiger partial charge in [0.1, 0.15) is 0 Å². The van der Waals surface area contributed by atoms with E-state index in [9.17, 15) is 0 Å². The van der Waals surface area contributed by atoms with Crippen molar-refractivity contribution in [3.63, 3.8) is 0 Å². The van der Waals surface area contributed by atoms with Crippen LogP contribution in [0.15, 0.2) is 11.1 Å². The minimum absolute atomic E-state index is 0.560. The largest absolute Gasteiger partial charge is 0.379 e. The third-order valence-electron chi connectivity index (χ3n) is 3.86. The molecule has 2 rings (SSSR count). The van der Waals surface area contributed by atoms with Gasteiger partial charge in [0.05, 0.1) is 13.2 Å². The lowest BCUT2D eigenvalue weighted by Crippen LogP contribution is -2.41. The Labute approximate surface area is 99.4 Å². The van der Waals surface area contributed by atoms with E-state index in [1.54, 1.807) is 11.1 Å². The maximum absolute atomic E-state index is 5.51. The molecule has 0 aromatic heterocycles. The van der Waals surface area contributed by atoms with Gasteiger partial charge in [0.25, 0.3) is 0 Å². The average molecular weight is 223 g/mol. The van der Waals surface area contributed by atoms with Crippen LogP contribution in [0.1, 0.15) is 51.9 Å². The highest BCUT2D eigenvalue weighted by Crippen LogP contribution is 2.26. The van der Waals surface area contributed by atoms with Crippen molar-refractivity contribution in [2.24, 2.45) is 0 Å². The van der Waals surface area contributed by atoms with Gasteiger partial charge in [0, 0.05) is 12.6 Å². The Balaban J connectivity index is 1.88. The Morgan fingerprint density at radius 1 is 1.25 bits per heavy atom. The van der Waals surface area contributed by atoms with Gasteiger partial charge >= 0.3 is 0 Å². The van der Waals surface area contributed by atoms with Crippen LogP contribution in [0.4, 0.5) is 0 Å². The highest BCUT2D eigenvalue weighted by molar-refractivity contribution is 5.14. The molecule has 1 aliphatic carbocycles. The van der Waals surface area contributed by atoms with Gasteiger partial charge in [-0.25, -0.2) is 0 Å². The normalized spacial score (nSPS) is 27.6. The fourth-order valence-electron chi connectivity index (χ4n) is 2.85. The summed E-state index contributed by atoms with van der Waals surface area (Å²) in [7, 11) is 0. The predicted octanol–water partition coefficient (Wildman–Crippen LogP) is 3.04. The molecule has 1 saturated carbocycles. The summed E-state index contributed by atoms with van der Waals surface area (Å²) in [6, 6.07) is 0.560. The predicted molar refractivity (Wildman–Crippen MR) is 67.6 cm³/mol. The Morgan fingerprint density at radius 2 is 2.00 bits per heavy atom. The summed E-state index contributed by atoms with van der Waals surface area (Å²) >= 11 is 0. The number of rotatable bonds is 2. The van der Waals surface area contributed by atoms with Gasteiger partial charge in [-0.05, 0) is 39.0 Å². The quantitative estimate of drug-likeness (QED) is 0.574. The van der Waals surface area contributed by atoms with Crippen LogP contribution < -0.4 is 5.32 Å². The number of morpholine rings is 1. The van der Waals surface area contributed by atoms with E-state index in [-0.39, 0.29) is 0 Å². The maximum Gasteiger partial charge on any atom is 0.0623 e. The third kappa shape index (κ3) is 3.60. The topological polar surface area (TPSA) is 21.3 Å². The Hall–Kier alpha value is -0.340. The Morgan fingerprint density at radius 3 is 2.62 bits per heavy atom. The van der Waals surface area contributed by atoms with Crippen molar-refractivity contribution in [3.05, 3.63) is 11.1 Å². The molecule has 2 nitrogen and oxygen atoms in total. The first-order valence-corrected chi connectivity index (χ1v) is 6.85. The third-order valence-corrected chi connectivity index (χ3v) is 3.86. The van der Waals surface area contributed by atoms with E-state index >= 15 is 0 Å². The second kappa shape index (κ2) is 6.41. The van der Waals surface area contributed by atoms with Crippen LogP contribution in [0.5, 0.6) is 0 Å². The molecule has 92 valence electrons. The molecule has 2 fully saturated rings. The van der Waals surface area contributed by atoms with Crippen LogP contribution in [-0.2, 0) is 4.74 Å². The summed E-state index contributed by atoms with van der Waals surface area (Å²) in [6.07, 6.45) is 9.56. The van der Waals surface area contributed by atoms with Crippen molar-refractivity contribution >= 4 is 0 Å². The second-order valence-electron chi connectivity index (χ2n) is 5.23. The standard InChI is InChI=1S/C14H25NO/c1-12(10-14-11-16-9-8-15-14)13-6-4-2-3-5-7-13/h14-15H,2-11H2,1H3. The fourth-order valence-corrected chi connectivity index (χ4v) is 2.85. The van der Waals surface area contributed by atoms with E-state index in [0.29, 0.717) is 6.04 Å². The van der Waals surface area contributed by atoms with E-state index in [2.05, 4.69) is 12.2 Å². The first kappa shape index (κ1) is 12.1. The molecular formula is C14H25NO. The molecule has 1 atom stereocenters. The van der Waals surface area contributed by atoms with Crippen molar-refractivity contribution in [1.29, 1.82) is 0 Å². The molecule has 0 spiro atoms. The van der Waals surface area contributed by atoms with E-state index in [4.69, 9.17) is 4.74 Å². The molecule has 0 radical (unpaired) electrons. The van der Waals surface area contributed by atoms with Crippen LogP contribution in [-0.4, -0.2) is 25.8 Å². The zero-order chi connectivity index (χ0) is 11.2. The summed E-state index contributed by atoms with van der Waals surface area (Å²) in [6.45, 7) is 5.13. The Bertz CT molecular complexity index is 231. The fraction of sp³-hybridized carbons (Fsp3) is 0.857. The molecule has 2 aliphatic rings. The van der Waals surface area contributed by atoms with E-state index < -0.39 is 0 Å². The summed E-state index contributed by atoms with van der Waals surface area (Å²) in [4.78, 5) is 0. The van der Waals surface area contributed by atoms with Crippen molar-refractivity contribution in [2.75, 3.05) is 19.8 Å². The molecule has 1 N–H and O–H groups in total. The molecule has 0 amide bonds. The molecule has 1 saturated heterocycles. The van der Waals surface area contributed by atoms with Gasteiger partial charge in [-0.1, -0.05) is 24.0 Å². The summed E-state index contributed by atoms with van der Waals surface area (Å²) in [5.74, 6) is 0. The lowest BCUT2D eigenvalue weighted by Gasteiger charge is -2.25. The van der Waals surface area contributed by atoms with E-state index in [1.165, 1.54) is 44.9 Å². The monoisotopic (exact) mass is 223 g/mol. The number of allylic oxidation sites excluding steroid dienone is 1. The zero-order valence-electron chi connectivity index (χ0n) is 10.6. The minimum Gasteiger partial charge on any atom is -0.379 e. The number of hydrogen-bond acceptors (Lipinski definition) is 2. The second-order valence-corrected chi connectivity index (χ2v) is 5.23. The van der Waals surface area contributed by atoms with Crippen LogP contribution in [0.3, 0.4) is 0 Å². The SMILES string of the molecule is CC(CC1COCCN1)=C1CCCCCC1. The molecule has 1 heterocycles. The van der Waals surface area contributed by atoms with Crippen LogP contribution in [0, 0.1) is 0 Å². The van der Waals surface area contributed by atoms with Crippen molar-refractivity contribution in [2.45, 2.75) is 57.9 Å². The molecular weight excluding hydrogens is 198 g/mol. The van der Waals surface area contributed by atoms with Gasteiger partial charge in [0.2, 0.25) is 0 Å². The van der Waals surface area contributed by atoms with Gasteiger partial charge in [-0.3, -0.25) is 0 Å². The van der Waals surface area contributed by atoms with Crippen molar-refractivity contribution in [1.82, 2.24) is 5.32 Å². The van der Waals surface area contributed by atoms with Gasteiger partial charge in [-0.2, -0.15) is 0 Å². The van der Waals surface area contributed by atoms with E-state index in [1.807, 2.05) is 0 Å². The highest BCUT2D eigenvalue weighted by Gasteiger charge is 2.15. The molecule has 1 aliphatic heterocycles. The highest BCUT2D eigenvalue weighted by atomic mass is 16.5. The minimum atomic E-state index is 0.560. The molecule has 1 unspecified atom stereocenters. The average Bonchev–Trinajstić information content (AvgIpc) is 2.59. The summed E-state index contributed by atoms with van der Waals surface area (Å²) < 4.78 is 5.51. The van der Waals surface area contributed by atoms with Crippen molar-refractivity contribution in [3.8, 4) is 0 Å². The number of nitrogens with one attached hydrogen (secondary N) is 1. The van der Waals surface area contributed by atoms with Crippen LogP contribution in [0.25, 0.3) is 0 Å². The Kier molecular flexibility index (Phi) is 4.86. The smallest absolute Gasteiger partial charge is 0.0623 e. The molecule has 2 heteroatoms. The van der Waals surface area contributed by atoms with Crippen molar-refractivity contribution < 1.29 is 4.74 Å². The van der Waals surface area contributed by atoms with Gasteiger partial charge < -0.3 is 10.1 Å². The lowest BCUT2D eigenvalue weighted by molar-refractivity contribution is 0.0769. The molecule has 0 bridgehead atoms. The summed E-state index contributed by atoms with van der Waals surface area (Å²) in [5, 5.41) is 3.55. The first-order valence-electron chi connectivity index (χ1n) is 6.85. The maximum atomic E-state index is 5.51.